The largest absolute Gasteiger partial charge is 0.480 e. The highest BCUT2D eigenvalue weighted by atomic mass is 16.7. The normalized spacial score (nSPS) is 21.3. The van der Waals surface area contributed by atoms with Gasteiger partial charge < -0.3 is 53.6 Å². The van der Waals surface area contributed by atoms with Crippen LogP contribution in [0.5, 0.6) is 0 Å². The molecule has 2 rings (SSSR count). The first-order valence-electron chi connectivity index (χ1n) is 16.3. The SMILES string of the molecule is COC(=O)[C@@]1(C(C[C@H](NC(=O)OCc2ccccc2)C(=O)O)OC(C)=O)C[C@H](OC(C)=O)[C@@H](NC(C)=O)[C@H]([C@H](OC(C)=O)[C@@H](COC(C)=O)OC(C)=O)O1. The van der Waals surface area contributed by atoms with Crippen molar-refractivity contribution >= 4 is 53.8 Å². The summed E-state index contributed by atoms with van der Waals surface area (Å²) < 4.78 is 43.4. The van der Waals surface area contributed by atoms with Gasteiger partial charge in [0, 0.05) is 54.4 Å². The molecule has 0 radical (unpaired) electrons. The number of hydrogen-bond donors (Lipinski definition) is 3. The predicted octanol–water partition coefficient (Wildman–Crippen LogP) is 0.251. The minimum Gasteiger partial charge on any atom is -0.480 e. The van der Waals surface area contributed by atoms with Gasteiger partial charge in [-0.15, -0.1) is 0 Å². The Morgan fingerprint density at radius 3 is 1.94 bits per heavy atom. The number of alkyl carbamates (subject to hydrolysis) is 1. The van der Waals surface area contributed by atoms with Crippen molar-refractivity contribution in [3.63, 3.8) is 0 Å². The van der Waals surface area contributed by atoms with Crippen molar-refractivity contribution in [2.24, 2.45) is 0 Å². The smallest absolute Gasteiger partial charge is 0.408 e. The number of methoxy groups -OCH3 is 1. The molecular formula is C34H44N2O18. The highest BCUT2D eigenvalue weighted by molar-refractivity contribution is 5.83. The highest BCUT2D eigenvalue weighted by Crippen LogP contribution is 2.40. The van der Waals surface area contributed by atoms with Crippen LogP contribution in [0.1, 0.15) is 59.9 Å². The van der Waals surface area contributed by atoms with Crippen molar-refractivity contribution in [3.8, 4) is 0 Å². The van der Waals surface area contributed by atoms with Gasteiger partial charge in [-0.2, -0.15) is 0 Å². The van der Waals surface area contributed by atoms with Crippen LogP contribution in [0.25, 0.3) is 0 Å². The second kappa shape index (κ2) is 20.5. The zero-order valence-corrected chi connectivity index (χ0v) is 30.6. The van der Waals surface area contributed by atoms with Crippen LogP contribution in [0.4, 0.5) is 4.79 Å². The lowest BCUT2D eigenvalue weighted by atomic mass is 9.78. The molecule has 0 saturated carbocycles. The van der Waals surface area contributed by atoms with E-state index in [1.807, 2.05) is 0 Å². The van der Waals surface area contributed by atoms with E-state index in [2.05, 4.69) is 10.6 Å². The fourth-order valence-corrected chi connectivity index (χ4v) is 5.69. The van der Waals surface area contributed by atoms with Crippen molar-refractivity contribution in [3.05, 3.63) is 35.9 Å². The minimum atomic E-state index is -2.69. The Labute approximate surface area is 309 Å². The van der Waals surface area contributed by atoms with E-state index in [1.54, 1.807) is 30.3 Å². The number of carboxylic acid groups (broad SMARTS) is 1. The lowest BCUT2D eigenvalue weighted by molar-refractivity contribution is -0.263. The number of esters is 6. The molecule has 2 amide bonds. The average molecular weight is 769 g/mol. The molecule has 0 spiro atoms. The highest BCUT2D eigenvalue weighted by Gasteiger charge is 2.63. The van der Waals surface area contributed by atoms with Gasteiger partial charge in [-0.3, -0.25) is 28.8 Å². The molecule has 1 aliphatic heterocycles. The van der Waals surface area contributed by atoms with Crippen molar-refractivity contribution in [2.75, 3.05) is 13.7 Å². The van der Waals surface area contributed by atoms with E-state index in [9.17, 15) is 48.3 Å². The maximum Gasteiger partial charge on any atom is 0.408 e. The van der Waals surface area contributed by atoms with Crippen LogP contribution in [-0.4, -0.2) is 121 Å². The van der Waals surface area contributed by atoms with Crippen LogP contribution in [-0.2, 0) is 82.9 Å². The van der Waals surface area contributed by atoms with Gasteiger partial charge in [-0.25, -0.2) is 14.4 Å². The number of amides is 2. The molecule has 0 aromatic heterocycles. The molecule has 1 unspecified atom stereocenters. The van der Waals surface area contributed by atoms with Crippen molar-refractivity contribution in [1.29, 1.82) is 0 Å². The third-order valence-electron chi connectivity index (χ3n) is 7.67. The number of rotatable bonds is 17. The Hall–Kier alpha value is -5.79. The molecule has 1 saturated heterocycles. The van der Waals surface area contributed by atoms with E-state index < -0.39 is 121 Å². The Kier molecular flexibility index (Phi) is 16.8. The number of carboxylic acids is 1. The molecule has 0 aliphatic carbocycles. The number of aliphatic carboxylic acids is 1. The Bertz CT molecular complexity index is 1550. The van der Waals surface area contributed by atoms with Gasteiger partial charge in [0.1, 0.15) is 37.6 Å². The maximum atomic E-state index is 14.0. The molecule has 1 heterocycles. The molecular weight excluding hydrogens is 724 g/mol. The van der Waals surface area contributed by atoms with E-state index >= 15 is 0 Å². The van der Waals surface area contributed by atoms with Crippen LogP contribution >= 0.6 is 0 Å². The molecule has 1 aliphatic rings. The minimum absolute atomic E-state index is 0.258. The molecule has 3 N–H and O–H groups in total. The maximum absolute atomic E-state index is 14.0. The summed E-state index contributed by atoms with van der Waals surface area (Å²) in [5.41, 5.74) is -2.12. The van der Waals surface area contributed by atoms with E-state index in [0.717, 1.165) is 48.7 Å². The zero-order valence-electron chi connectivity index (χ0n) is 30.6. The van der Waals surface area contributed by atoms with Crippen molar-refractivity contribution in [2.45, 2.75) is 109 Å². The van der Waals surface area contributed by atoms with Crippen LogP contribution in [0.2, 0.25) is 0 Å². The molecule has 298 valence electrons. The third kappa shape index (κ3) is 13.3. The molecule has 20 heteroatoms. The summed E-state index contributed by atoms with van der Waals surface area (Å²) in [4.78, 5) is 113. The van der Waals surface area contributed by atoms with Gasteiger partial charge in [-0.1, -0.05) is 30.3 Å². The summed E-state index contributed by atoms with van der Waals surface area (Å²) in [7, 11) is 0.897. The summed E-state index contributed by atoms with van der Waals surface area (Å²) in [6.45, 7) is 4.87. The first-order chi connectivity index (χ1) is 25.3. The van der Waals surface area contributed by atoms with E-state index in [0.29, 0.717) is 5.56 Å². The number of carbonyl (C=O) groups excluding carboxylic acids is 8. The molecule has 8 atom stereocenters. The fourth-order valence-electron chi connectivity index (χ4n) is 5.69. The van der Waals surface area contributed by atoms with Gasteiger partial charge in [0.15, 0.2) is 12.2 Å². The summed E-state index contributed by atoms with van der Waals surface area (Å²) in [5, 5.41) is 14.8. The summed E-state index contributed by atoms with van der Waals surface area (Å²) in [6.07, 6.45) is -12.1. The average Bonchev–Trinajstić information content (AvgIpc) is 3.07. The van der Waals surface area contributed by atoms with Crippen LogP contribution in [0, 0.1) is 0 Å². The summed E-state index contributed by atoms with van der Waals surface area (Å²) >= 11 is 0. The third-order valence-corrected chi connectivity index (χ3v) is 7.67. The zero-order chi connectivity index (χ0) is 40.7. The second-order valence-electron chi connectivity index (χ2n) is 12.0. The molecule has 1 fully saturated rings. The molecule has 20 nitrogen and oxygen atoms in total. The summed E-state index contributed by atoms with van der Waals surface area (Å²) in [5.74, 6) is -8.72. The lowest BCUT2D eigenvalue weighted by Crippen LogP contribution is -2.72. The standard InChI is InChI=1S/C34H44N2O18/c1-17(37)35-28-25(50-19(3)39)14-34(32(45)47-7,54-30(28)29(53-22(6)42)26(51-20(4)40)16-48-18(2)38)27(52-21(5)41)13-24(31(43)44)36-33(46)49-15-23-11-9-8-10-12-23/h8-12,24-30H,13-16H2,1-7H3,(H,35,37)(H,36,46)(H,43,44)/t24-,25-,26+,27?,28+,29+,30+,34-/m0/s1. The van der Waals surface area contributed by atoms with Crippen LogP contribution in [0.3, 0.4) is 0 Å². The van der Waals surface area contributed by atoms with Gasteiger partial charge in [0.2, 0.25) is 11.5 Å². The lowest BCUT2D eigenvalue weighted by Gasteiger charge is -2.51. The molecule has 1 aromatic rings. The second-order valence-corrected chi connectivity index (χ2v) is 12.0. The number of carbonyl (C=O) groups is 9. The molecule has 54 heavy (non-hydrogen) atoms. The van der Waals surface area contributed by atoms with Crippen LogP contribution < -0.4 is 10.6 Å². The number of hydrogen-bond acceptors (Lipinski definition) is 17. The first-order valence-corrected chi connectivity index (χ1v) is 16.3. The number of benzene rings is 1. The van der Waals surface area contributed by atoms with Crippen molar-refractivity contribution in [1.82, 2.24) is 10.6 Å². The Morgan fingerprint density at radius 1 is 0.833 bits per heavy atom. The van der Waals surface area contributed by atoms with E-state index in [4.69, 9.17) is 37.9 Å². The first kappa shape index (κ1) is 44.4. The van der Waals surface area contributed by atoms with Gasteiger partial charge in [-0.05, 0) is 5.56 Å². The number of ether oxygens (including phenoxy) is 8. The fraction of sp³-hybridized carbons (Fsp3) is 0.559. The Morgan fingerprint density at radius 2 is 1.44 bits per heavy atom. The van der Waals surface area contributed by atoms with Gasteiger partial charge >= 0.3 is 47.9 Å². The summed E-state index contributed by atoms with van der Waals surface area (Å²) in [6, 6.07) is 4.87. The molecule has 0 bridgehead atoms. The van der Waals surface area contributed by atoms with E-state index in [-0.39, 0.29) is 6.61 Å². The quantitative estimate of drug-likeness (QED) is 0.142. The monoisotopic (exact) mass is 768 g/mol. The van der Waals surface area contributed by atoms with Crippen LogP contribution in [0.15, 0.2) is 30.3 Å². The van der Waals surface area contributed by atoms with E-state index in [1.165, 1.54) is 0 Å². The Balaban J connectivity index is 2.82. The van der Waals surface area contributed by atoms with Gasteiger partial charge in [0.25, 0.3) is 0 Å². The predicted molar refractivity (Wildman–Crippen MR) is 176 cm³/mol. The van der Waals surface area contributed by atoms with Crippen molar-refractivity contribution < 1.29 is 86.2 Å². The molecule has 1 aromatic carbocycles. The van der Waals surface area contributed by atoms with Gasteiger partial charge in [0.05, 0.1) is 13.2 Å². The topological polar surface area (TPSA) is 272 Å². The number of nitrogens with one attached hydrogen (secondary N) is 2.